The normalized spacial score (nSPS) is 23.8. The molecule has 0 aromatic heterocycles. The first kappa shape index (κ1) is 52.0. The molecule has 9 atom stereocenters. The van der Waals surface area contributed by atoms with Crippen LogP contribution >= 0.6 is 0 Å². The minimum absolute atomic E-state index is 0.0333. The van der Waals surface area contributed by atoms with Gasteiger partial charge in [-0.05, 0) is 38.9 Å². The lowest BCUT2D eigenvalue weighted by atomic mass is 9.97. The van der Waals surface area contributed by atoms with Gasteiger partial charge in [-0.15, -0.1) is 0 Å². The average molecular weight is 987 g/mol. The third-order valence-electron chi connectivity index (χ3n) is 13.0. The largest absolute Gasteiger partial charge is 0.374 e. The second-order valence-corrected chi connectivity index (χ2v) is 18.3. The maximum atomic E-state index is 7.33. The second kappa shape index (κ2) is 27.4. The first-order valence-corrected chi connectivity index (χ1v) is 25.1. The zero-order valence-corrected chi connectivity index (χ0v) is 41.4. The van der Waals surface area contributed by atoms with Gasteiger partial charge in [0.2, 0.25) is 5.79 Å². The van der Waals surface area contributed by atoms with Gasteiger partial charge in [0.1, 0.15) is 49.3 Å². The van der Waals surface area contributed by atoms with Crippen molar-refractivity contribution in [2.24, 2.45) is 0 Å². The van der Waals surface area contributed by atoms with Gasteiger partial charge < -0.3 is 52.1 Å². The molecule has 0 saturated carbocycles. The van der Waals surface area contributed by atoms with Crippen molar-refractivity contribution in [2.75, 3.05) is 26.9 Å². The van der Waals surface area contributed by atoms with Crippen LogP contribution in [-0.4, -0.2) is 81.7 Å². The Kier molecular flexibility index (Phi) is 19.5. The summed E-state index contributed by atoms with van der Waals surface area (Å²) in [6, 6.07) is 70.3. The molecule has 2 fully saturated rings. The molecule has 0 amide bonds. The molecule has 2 aliphatic rings. The summed E-state index contributed by atoms with van der Waals surface area (Å²) in [7, 11) is 1.61. The van der Waals surface area contributed by atoms with Crippen molar-refractivity contribution < 1.29 is 52.1 Å². The fraction of sp³-hybridized carbons (Fsp3) is 0.323. The molecule has 0 bridgehead atoms. The molecule has 7 aromatic carbocycles. The molecule has 2 aliphatic heterocycles. The summed E-state index contributed by atoms with van der Waals surface area (Å²) < 4.78 is 75.6. The number of benzene rings is 7. The van der Waals surface area contributed by atoms with Crippen LogP contribution in [0.1, 0.15) is 38.9 Å². The van der Waals surface area contributed by atoms with Gasteiger partial charge in [0.05, 0.1) is 59.5 Å². The van der Waals surface area contributed by atoms with Crippen LogP contribution in [0.25, 0.3) is 0 Å². The smallest absolute Gasteiger partial charge is 0.222 e. The van der Waals surface area contributed by atoms with E-state index in [9.17, 15) is 0 Å². The highest BCUT2D eigenvalue weighted by Crippen LogP contribution is 2.40. The van der Waals surface area contributed by atoms with E-state index in [-0.39, 0.29) is 52.9 Å². The minimum Gasteiger partial charge on any atom is -0.374 e. The summed E-state index contributed by atoms with van der Waals surface area (Å²) in [5.41, 5.74) is 6.97. The standard InChI is InChI=1S/C62H66O11/c1-63-61-59(69-42-52-33-19-7-20-34-52)58(68-41-51-31-17-6-18-32-51)56(66-39-49-27-13-4-14-28-49)54(72-61)45-71-62(46-65-38-48-25-11-3-12-26-48)60(70-43-53-35-21-8-22-36-53)57(67-40-50-29-15-5-16-30-50)55(73-62)44-64-37-47-23-9-2-10-24-47/h2-36,54-61H,37-46H2,1H3/t54-,55-,56-,57-,58+,59-,60+,61+,62-/m1/s1. The Bertz CT molecular complexity index is 2580. The highest BCUT2D eigenvalue weighted by molar-refractivity contribution is 5.19. The first-order valence-electron chi connectivity index (χ1n) is 25.1. The maximum absolute atomic E-state index is 7.33. The molecule has 0 radical (unpaired) electrons. The quantitative estimate of drug-likeness (QED) is 0.0492. The lowest BCUT2D eigenvalue weighted by molar-refractivity contribution is -0.345. The van der Waals surface area contributed by atoms with Crippen LogP contribution in [0.3, 0.4) is 0 Å². The Morgan fingerprint density at radius 2 is 0.712 bits per heavy atom. The Labute approximate surface area is 429 Å². The molecule has 11 heteroatoms. The number of hydrogen-bond donors (Lipinski definition) is 0. The van der Waals surface area contributed by atoms with Crippen LogP contribution in [0.5, 0.6) is 0 Å². The molecule has 73 heavy (non-hydrogen) atoms. The van der Waals surface area contributed by atoms with Gasteiger partial charge >= 0.3 is 0 Å². The zero-order chi connectivity index (χ0) is 49.8. The number of hydrogen-bond acceptors (Lipinski definition) is 11. The van der Waals surface area contributed by atoms with Crippen molar-refractivity contribution in [3.05, 3.63) is 251 Å². The van der Waals surface area contributed by atoms with Crippen LogP contribution in [-0.2, 0) is 98.4 Å². The lowest BCUT2D eigenvalue weighted by Crippen LogP contribution is -2.62. The van der Waals surface area contributed by atoms with Gasteiger partial charge in [-0.25, -0.2) is 0 Å². The third-order valence-corrected chi connectivity index (χ3v) is 13.0. The molecule has 0 unspecified atom stereocenters. The van der Waals surface area contributed by atoms with E-state index in [4.69, 9.17) is 52.1 Å². The van der Waals surface area contributed by atoms with Crippen molar-refractivity contribution in [1.82, 2.24) is 0 Å². The molecule has 0 spiro atoms. The van der Waals surface area contributed by atoms with E-state index in [0.717, 1.165) is 38.9 Å². The highest BCUT2D eigenvalue weighted by atomic mass is 16.8. The van der Waals surface area contributed by atoms with E-state index >= 15 is 0 Å². The molecule has 0 aliphatic carbocycles. The minimum atomic E-state index is -1.57. The van der Waals surface area contributed by atoms with Crippen molar-refractivity contribution in [3.8, 4) is 0 Å². The van der Waals surface area contributed by atoms with Gasteiger partial charge in [0.25, 0.3) is 0 Å². The van der Waals surface area contributed by atoms with Gasteiger partial charge in [0, 0.05) is 7.11 Å². The number of ether oxygens (including phenoxy) is 11. The monoisotopic (exact) mass is 986 g/mol. The van der Waals surface area contributed by atoms with E-state index in [1.807, 2.05) is 212 Å². The van der Waals surface area contributed by atoms with E-state index < -0.39 is 54.8 Å². The topological polar surface area (TPSA) is 102 Å². The van der Waals surface area contributed by atoms with Gasteiger partial charge in [-0.3, -0.25) is 0 Å². The fourth-order valence-corrected chi connectivity index (χ4v) is 9.23. The molecule has 9 rings (SSSR count). The maximum Gasteiger partial charge on any atom is 0.222 e. The number of rotatable bonds is 27. The van der Waals surface area contributed by atoms with E-state index in [1.165, 1.54) is 0 Å². The van der Waals surface area contributed by atoms with Crippen molar-refractivity contribution in [3.63, 3.8) is 0 Å². The van der Waals surface area contributed by atoms with Crippen molar-refractivity contribution in [1.29, 1.82) is 0 Å². The SMILES string of the molecule is CO[C@H]1O[C@H](CO[C@]2(COCc3ccccc3)O[C@H](COCc3ccccc3)[C@@H](OCc3ccccc3)[C@@H]2OCc2ccccc2)[C@@H](OCc2ccccc2)[C@H](OCc2ccccc2)[C@H]1OCc1ccccc1. The van der Waals surface area contributed by atoms with Crippen LogP contribution in [0.4, 0.5) is 0 Å². The Balaban J connectivity index is 1.07. The zero-order valence-electron chi connectivity index (χ0n) is 41.4. The van der Waals surface area contributed by atoms with Crippen LogP contribution < -0.4 is 0 Å². The predicted octanol–water partition coefficient (Wildman–Crippen LogP) is 10.8. The Hall–Kier alpha value is -5.90. The summed E-state index contributed by atoms with van der Waals surface area (Å²) >= 11 is 0. The molecule has 2 heterocycles. The molecule has 0 N–H and O–H groups in total. The lowest BCUT2D eigenvalue weighted by Gasteiger charge is -2.46. The van der Waals surface area contributed by atoms with Crippen LogP contribution in [0.2, 0.25) is 0 Å². The third kappa shape index (κ3) is 14.9. The molecule has 2 saturated heterocycles. The summed E-state index contributed by atoms with van der Waals surface area (Å²) in [6.07, 6.45) is -5.98. The van der Waals surface area contributed by atoms with E-state index in [1.54, 1.807) is 7.11 Å². The van der Waals surface area contributed by atoms with E-state index in [2.05, 4.69) is 0 Å². The van der Waals surface area contributed by atoms with Crippen molar-refractivity contribution in [2.45, 2.75) is 101 Å². The molecular weight excluding hydrogens is 921 g/mol. The highest BCUT2D eigenvalue weighted by Gasteiger charge is 2.59. The fourth-order valence-electron chi connectivity index (χ4n) is 9.23. The summed E-state index contributed by atoms with van der Waals surface area (Å²) in [5.74, 6) is -1.57. The van der Waals surface area contributed by atoms with Gasteiger partial charge in [-0.2, -0.15) is 0 Å². The van der Waals surface area contributed by atoms with Gasteiger partial charge in [0.15, 0.2) is 6.29 Å². The average Bonchev–Trinajstić information content (AvgIpc) is 3.74. The van der Waals surface area contributed by atoms with Gasteiger partial charge in [-0.1, -0.05) is 212 Å². The van der Waals surface area contributed by atoms with Crippen molar-refractivity contribution >= 4 is 0 Å². The summed E-state index contributed by atoms with van der Waals surface area (Å²) in [6.45, 7) is 2.11. The molecule has 7 aromatic rings. The summed E-state index contributed by atoms with van der Waals surface area (Å²) in [5, 5.41) is 0. The molecule has 380 valence electrons. The second-order valence-electron chi connectivity index (χ2n) is 18.3. The van der Waals surface area contributed by atoms with Crippen LogP contribution in [0, 0.1) is 0 Å². The molecule has 11 nitrogen and oxygen atoms in total. The predicted molar refractivity (Wildman–Crippen MR) is 277 cm³/mol. The van der Waals surface area contributed by atoms with E-state index in [0.29, 0.717) is 13.2 Å². The summed E-state index contributed by atoms with van der Waals surface area (Å²) in [4.78, 5) is 0. The number of methoxy groups -OCH3 is 1. The first-order chi connectivity index (χ1) is 36.1. The van der Waals surface area contributed by atoms with Crippen LogP contribution in [0.15, 0.2) is 212 Å². The Morgan fingerprint density at radius 3 is 1.14 bits per heavy atom. The Morgan fingerprint density at radius 1 is 0.356 bits per heavy atom. The molecular formula is C62H66O11.